The Kier molecular flexibility index (Phi) is 6.38. The quantitative estimate of drug-likeness (QED) is 0.790. The lowest BCUT2D eigenvalue weighted by molar-refractivity contribution is 0.0470. The van der Waals surface area contributed by atoms with Crippen molar-refractivity contribution in [2.24, 2.45) is 0 Å². The van der Waals surface area contributed by atoms with E-state index in [2.05, 4.69) is 10.6 Å². The third-order valence-electron chi connectivity index (χ3n) is 1.83. The van der Waals surface area contributed by atoms with Crippen LogP contribution in [0.5, 0.6) is 0 Å². The number of nitrogens with one attached hydrogen (secondary N) is 2. The lowest BCUT2D eigenvalue weighted by atomic mass is 10.2. The highest BCUT2D eigenvalue weighted by atomic mass is 16.6. The lowest BCUT2D eigenvalue weighted by Crippen LogP contribution is -2.42. The zero-order valence-electron chi connectivity index (χ0n) is 11.1. The molecule has 0 aliphatic rings. The third kappa shape index (κ3) is 8.36. The van der Waals surface area contributed by atoms with Crippen molar-refractivity contribution in [1.29, 1.82) is 0 Å². The summed E-state index contributed by atoms with van der Waals surface area (Å²) < 4.78 is 9.95. The van der Waals surface area contributed by atoms with Crippen LogP contribution in [0.15, 0.2) is 0 Å². The number of ether oxygens (including phenoxy) is 2. The van der Waals surface area contributed by atoms with Crippen molar-refractivity contribution in [3.8, 4) is 0 Å². The SMILES string of the molecule is CCC(COC(=O)NC)NC(=O)OC(C)(C)C. The predicted octanol–water partition coefficient (Wildman–Crippen LogP) is 1.65. The van der Waals surface area contributed by atoms with Crippen LogP contribution >= 0.6 is 0 Å². The molecule has 17 heavy (non-hydrogen) atoms. The number of rotatable bonds is 4. The maximum Gasteiger partial charge on any atom is 0.407 e. The molecule has 1 unspecified atom stereocenters. The number of carbonyl (C=O) groups is 2. The van der Waals surface area contributed by atoms with Gasteiger partial charge in [-0.2, -0.15) is 0 Å². The first-order valence-corrected chi connectivity index (χ1v) is 5.62. The van der Waals surface area contributed by atoms with Gasteiger partial charge in [0.05, 0.1) is 6.04 Å². The number of alkyl carbamates (subject to hydrolysis) is 2. The fourth-order valence-corrected chi connectivity index (χ4v) is 0.984. The van der Waals surface area contributed by atoms with Crippen LogP contribution in [0.4, 0.5) is 9.59 Å². The van der Waals surface area contributed by atoms with E-state index in [1.807, 2.05) is 6.92 Å². The van der Waals surface area contributed by atoms with Gasteiger partial charge in [-0.15, -0.1) is 0 Å². The van der Waals surface area contributed by atoms with E-state index in [9.17, 15) is 9.59 Å². The molecule has 0 saturated carbocycles. The van der Waals surface area contributed by atoms with Crippen LogP contribution in [0.2, 0.25) is 0 Å². The number of amides is 2. The second kappa shape index (κ2) is 6.98. The van der Waals surface area contributed by atoms with Crippen LogP contribution in [0.25, 0.3) is 0 Å². The zero-order chi connectivity index (χ0) is 13.5. The molecular formula is C11H22N2O4. The van der Waals surface area contributed by atoms with Gasteiger partial charge in [0, 0.05) is 7.05 Å². The Morgan fingerprint density at radius 1 is 1.24 bits per heavy atom. The van der Waals surface area contributed by atoms with Gasteiger partial charge in [-0.05, 0) is 27.2 Å². The molecule has 6 nitrogen and oxygen atoms in total. The molecule has 2 N–H and O–H groups in total. The Balaban J connectivity index is 4.04. The summed E-state index contributed by atoms with van der Waals surface area (Å²) in [5.41, 5.74) is -0.538. The largest absolute Gasteiger partial charge is 0.447 e. The summed E-state index contributed by atoms with van der Waals surface area (Å²) in [6, 6.07) is -0.248. The highest BCUT2D eigenvalue weighted by Crippen LogP contribution is 2.07. The molecule has 0 rings (SSSR count). The van der Waals surface area contributed by atoms with Gasteiger partial charge >= 0.3 is 12.2 Å². The first-order valence-electron chi connectivity index (χ1n) is 5.62. The maximum absolute atomic E-state index is 11.5. The Labute approximate surface area is 102 Å². The van der Waals surface area contributed by atoms with Crippen molar-refractivity contribution < 1.29 is 19.1 Å². The highest BCUT2D eigenvalue weighted by Gasteiger charge is 2.19. The zero-order valence-corrected chi connectivity index (χ0v) is 11.1. The molecule has 6 heteroatoms. The monoisotopic (exact) mass is 246 g/mol. The van der Waals surface area contributed by atoms with Crippen molar-refractivity contribution in [3.63, 3.8) is 0 Å². The second-order valence-corrected chi connectivity index (χ2v) is 4.60. The summed E-state index contributed by atoms with van der Waals surface area (Å²) in [6.07, 6.45) is -0.379. The standard InChI is InChI=1S/C11H22N2O4/c1-6-8(7-16-9(14)12-5)13-10(15)17-11(2,3)4/h8H,6-7H2,1-5H3,(H,12,14)(H,13,15). The van der Waals surface area contributed by atoms with Gasteiger partial charge < -0.3 is 20.1 Å². The van der Waals surface area contributed by atoms with E-state index in [1.54, 1.807) is 20.8 Å². The molecule has 0 bridgehead atoms. The molecule has 0 aromatic carbocycles. The van der Waals surface area contributed by atoms with Gasteiger partial charge in [-0.1, -0.05) is 6.92 Å². The molecule has 0 aliphatic carbocycles. The van der Waals surface area contributed by atoms with Gasteiger partial charge in [-0.3, -0.25) is 0 Å². The van der Waals surface area contributed by atoms with Gasteiger partial charge in [0.25, 0.3) is 0 Å². The van der Waals surface area contributed by atoms with Crippen LogP contribution in [0.3, 0.4) is 0 Å². The van der Waals surface area contributed by atoms with Crippen LogP contribution < -0.4 is 10.6 Å². The van der Waals surface area contributed by atoms with Crippen molar-refractivity contribution in [2.45, 2.75) is 45.8 Å². The average molecular weight is 246 g/mol. The summed E-state index contributed by atoms with van der Waals surface area (Å²) >= 11 is 0. The first kappa shape index (κ1) is 15.5. The van der Waals surface area contributed by atoms with Crippen LogP contribution in [0.1, 0.15) is 34.1 Å². The summed E-state index contributed by atoms with van der Waals surface area (Å²) in [7, 11) is 1.48. The Hall–Kier alpha value is -1.46. The smallest absolute Gasteiger partial charge is 0.407 e. The predicted molar refractivity (Wildman–Crippen MR) is 63.9 cm³/mol. The highest BCUT2D eigenvalue weighted by molar-refractivity contribution is 5.68. The lowest BCUT2D eigenvalue weighted by Gasteiger charge is -2.22. The van der Waals surface area contributed by atoms with Gasteiger partial charge in [0.15, 0.2) is 0 Å². The van der Waals surface area contributed by atoms with Crippen molar-refractivity contribution in [1.82, 2.24) is 10.6 Å². The van der Waals surface area contributed by atoms with E-state index in [0.29, 0.717) is 6.42 Å². The normalized spacial score (nSPS) is 12.5. The van der Waals surface area contributed by atoms with Crippen LogP contribution in [-0.4, -0.2) is 37.5 Å². The van der Waals surface area contributed by atoms with Crippen molar-refractivity contribution in [2.75, 3.05) is 13.7 Å². The van der Waals surface area contributed by atoms with E-state index in [1.165, 1.54) is 7.05 Å². The Morgan fingerprint density at radius 2 is 1.82 bits per heavy atom. The summed E-state index contributed by atoms with van der Waals surface area (Å²) in [5, 5.41) is 4.97. The van der Waals surface area contributed by atoms with E-state index >= 15 is 0 Å². The molecule has 0 aliphatic heterocycles. The second-order valence-electron chi connectivity index (χ2n) is 4.60. The van der Waals surface area contributed by atoms with Crippen LogP contribution in [-0.2, 0) is 9.47 Å². The third-order valence-corrected chi connectivity index (χ3v) is 1.83. The molecule has 0 spiro atoms. The number of hydrogen-bond donors (Lipinski definition) is 2. The summed E-state index contributed by atoms with van der Waals surface area (Å²) in [4.78, 5) is 22.3. The molecular weight excluding hydrogens is 224 g/mol. The molecule has 0 aromatic heterocycles. The molecule has 0 heterocycles. The molecule has 1 atom stereocenters. The van der Waals surface area contributed by atoms with Crippen LogP contribution in [0, 0.1) is 0 Å². The molecule has 100 valence electrons. The molecule has 2 amide bonds. The Bertz CT molecular complexity index is 261. The fraction of sp³-hybridized carbons (Fsp3) is 0.818. The van der Waals surface area contributed by atoms with Crippen molar-refractivity contribution >= 4 is 12.2 Å². The molecule has 0 radical (unpaired) electrons. The molecule has 0 fully saturated rings. The van der Waals surface area contributed by atoms with E-state index in [0.717, 1.165) is 0 Å². The maximum atomic E-state index is 11.5. The minimum absolute atomic E-state index is 0.120. The Morgan fingerprint density at radius 3 is 2.24 bits per heavy atom. The van der Waals surface area contributed by atoms with Gasteiger partial charge in [-0.25, -0.2) is 9.59 Å². The minimum Gasteiger partial charge on any atom is -0.447 e. The topological polar surface area (TPSA) is 76.7 Å². The molecule has 0 saturated heterocycles. The number of carbonyl (C=O) groups excluding carboxylic acids is 2. The van der Waals surface area contributed by atoms with E-state index in [-0.39, 0.29) is 12.6 Å². The number of hydrogen-bond acceptors (Lipinski definition) is 4. The minimum atomic E-state index is -0.538. The van der Waals surface area contributed by atoms with E-state index in [4.69, 9.17) is 9.47 Å². The first-order chi connectivity index (χ1) is 7.78. The van der Waals surface area contributed by atoms with Gasteiger partial charge in [0.1, 0.15) is 12.2 Å². The van der Waals surface area contributed by atoms with Crippen molar-refractivity contribution in [3.05, 3.63) is 0 Å². The van der Waals surface area contributed by atoms with E-state index < -0.39 is 17.8 Å². The fourth-order valence-electron chi connectivity index (χ4n) is 0.984. The average Bonchev–Trinajstić information content (AvgIpc) is 2.20. The summed E-state index contributed by atoms with van der Waals surface area (Å²) in [6.45, 7) is 7.36. The molecule has 0 aromatic rings. The van der Waals surface area contributed by atoms with Gasteiger partial charge in [0.2, 0.25) is 0 Å². The summed E-state index contributed by atoms with van der Waals surface area (Å²) in [5.74, 6) is 0.